The van der Waals surface area contributed by atoms with Crippen LogP contribution in [0.2, 0.25) is 0 Å². The summed E-state index contributed by atoms with van der Waals surface area (Å²) in [6.07, 6.45) is -0.783. The quantitative estimate of drug-likeness (QED) is 0.105. The molecular formula is C35H42N4O8. The fraction of sp³-hybridized carbons (Fsp3) is 0.371. The molecule has 0 radical (unpaired) electrons. The number of nitro groups is 1. The number of non-ortho nitro benzene ring substituents is 1. The zero-order chi connectivity index (χ0) is 34.3. The predicted octanol–water partition coefficient (Wildman–Crippen LogP) is 4.35. The van der Waals surface area contributed by atoms with Gasteiger partial charge in [0, 0.05) is 54.1 Å². The van der Waals surface area contributed by atoms with E-state index in [4.69, 9.17) is 9.47 Å². The normalized spacial score (nSPS) is 15.9. The highest BCUT2D eigenvalue weighted by Crippen LogP contribution is 2.40. The van der Waals surface area contributed by atoms with Gasteiger partial charge >= 0.3 is 11.9 Å². The summed E-state index contributed by atoms with van der Waals surface area (Å²) >= 11 is 0. The van der Waals surface area contributed by atoms with Gasteiger partial charge in [0.1, 0.15) is 18.5 Å². The zero-order valence-electron chi connectivity index (χ0n) is 27.3. The lowest BCUT2D eigenvalue weighted by Gasteiger charge is -2.35. The number of carbonyl (C=O) groups is 2. The number of carbonyl (C=O) groups excluding carboxylic acids is 1. The number of rotatable bonds is 15. The first kappa shape index (κ1) is 35.1. The number of nitrogens with one attached hydrogen (secondary N) is 2. The lowest BCUT2D eigenvalue weighted by Crippen LogP contribution is -2.51. The highest BCUT2D eigenvalue weighted by atomic mass is 16.6. The van der Waals surface area contributed by atoms with Gasteiger partial charge in [-0.2, -0.15) is 0 Å². The van der Waals surface area contributed by atoms with Crippen molar-refractivity contribution in [3.63, 3.8) is 0 Å². The maximum Gasteiger partial charge on any atom is 0.336 e. The number of allylic oxidation sites excluding steroid dienone is 1. The fourth-order valence-corrected chi connectivity index (χ4v) is 5.92. The van der Waals surface area contributed by atoms with Gasteiger partial charge in [-0.3, -0.25) is 15.0 Å². The monoisotopic (exact) mass is 646 g/mol. The molecule has 2 unspecified atom stereocenters. The molecule has 0 bridgehead atoms. The number of carboxylic acid groups (broad SMARTS) is 1. The van der Waals surface area contributed by atoms with Crippen LogP contribution in [0.1, 0.15) is 39.2 Å². The van der Waals surface area contributed by atoms with E-state index in [-0.39, 0.29) is 43.1 Å². The van der Waals surface area contributed by atoms with Gasteiger partial charge in [-0.15, -0.1) is 0 Å². The molecule has 4 rings (SSSR count). The molecule has 0 aliphatic carbocycles. The van der Waals surface area contributed by atoms with Crippen LogP contribution in [0, 0.1) is 10.1 Å². The molecule has 0 saturated heterocycles. The molecule has 12 heteroatoms. The van der Waals surface area contributed by atoms with E-state index in [1.165, 1.54) is 18.2 Å². The summed E-state index contributed by atoms with van der Waals surface area (Å²) in [5.41, 5.74) is 0.313. The van der Waals surface area contributed by atoms with Crippen molar-refractivity contribution in [2.24, 2.45) is 0 Å². The average Bonchev–Trinajstić information content (AvgIpc) is 3.02. The molecule has 0 amide bonds. The molecule has 0 aromatic heterocycles. The molecule has 2 atom stereocenters. The van der Waals surface area contributed by atoms with Crippen molar-refractivity contribution < 1.29 is 34.2 Å². The number of nitrogens with zero attached hydrogens (tertiary/aromatic N) is 2. The second-order valence-corrected chi connectivity index (χ2v) is 12.2. The molecule has 1 heterocycles. The number of hydrogen-bond donors (Lipinski definition) is 4. The number of hydrogen-bond acceptors (Lipinski definition) is 10. The van der Waals surface area contributed by atoms with Gasteiger partial charge in [-0.05, 0) is 51.8 Å². The van der Waals surface area contributed by atoms with Gasteiger partial charge in [0.2, 0.25) is 0 Å². The molecular weight excluding hydrogens is 604 g/mol. The standard InChI is InChI=1S/C35H42N4O8/c1-6-46-34(43)32-28(37-22(2)30(33(41)42)31(32)24-13-9-14-25(17-24)39(44)45)19-38(5)21-35(3,4)36-18-26(40)20-47-29-16-10-12-23-11-7-8-15-27(23)29/h7-17,26,31,36-37,40H,6,18-21H2,1-5H3,(H,41,42). The van der Waals surface area contributed by atoms with Crippen LogP contribution in [0.15, 0.2) is 89.3 Å². The summed E-state index contributed by atoms with van der Waals surface area (Å²) < 4.78 is 11.3. The Balaban J connectivity index is 1.49. The lowest BCUT2D eigenvalue weighted by atomic mass is 9.80. The van der Waals surface area contributed by atoms with Crippen molar-refractivity contribution in [2.45, 2.75) is 45.3 Å². The number of aliphatic carboxylic acids is 1. The van der Waals surface area contributed by atoms with E-state index in [1.807, 2.05) is 68.3 Å². The van der Waals surface area contributed by atoms with Gasteiger partial charge < -0.3 is 30.3 Å². The van der Waals surface area contributed by atoms with Crippen molar-refractivity contribution >= 4 is 28.4 Å². The summed E-state index contributed by atoms with van der Waals surface area (Å²) in [4.78, 5) is 38.8. The molecule has 1 aliphatic heterocycles. The van der Waals surface area contributed by atoms with Crippen LogP contribution in [0.5, 0.6) is 5.75 Å². The number of fused-ring (bicyclic) bond motifs is 1. The highest BCUT2D eigenvalue weighted by Gasteiger charge is 2.39. The van der Waals surface area contributed by atoms with E-state index >= 15 is 0 Å². The third kappa shape index (κ3) is 8.73. The SMILES string of the molecule is CCOC(=O)C1=C(CN(C)CC(C)(C)NCC(O)COc2cccc3ccccc23)NC(C)=C(C(=O)O)C1c1cccc([N+](=O)[O-])c1. The first-order valence-corrected chi connectivity index (χ1v) is 15.4. The zero-order valence-corrected chi connectivity index (χ0v) is 27.3. The summed E-state index contributed by atoms with van der Waals surface area (Å²) in [7, 11) is 1.86. The second kappa shape index (κ2) is 15.2. The molecule has 3 aromatic rings. The van der Waals surface area contributed by atoms with Crippen molar-refractivity contribution in [3.05, 3.63) is 105 Å². The number of aliphatic hydroxyl groups excluding tert-OH is 1. The van der Waals surface area contributed by atoms with Crippen LogP contribution < -0.4 is 15.4 Å². The molecule has 3 aromatic carbocycles. The second-order valence-electron chi connectivity index (χ2n) is 12.2. The van der Waals surface area contributed by atoms with Crippen LogP contribution in [-0.2, 0) is 14.3 Å². The lowest BCUT2D eigenvalue weighted by molar-refractivity contribution is -0.384. The third-order valence-corrected chi connectivity index (χ3v) is 7.88. The summed E-state index contributed by atoms with van der Waals surface area (Å²) in [5.74, 6) is -2.36. The Hall–Kier alpha value is -4.78. The first-order valence-electron chi connectivity index (χ1n) is 15.4. The molecule has 0 fully saturated rings. The van der Waals surface area contributed by atoms with Gasteiger partial charge in [-0.1, -0.05) is 48.5 Å². The van der Waals surface area contributed by atoms with Crippen molar-refractivity contribution in [2.75, 3.05) is 39.9 Å². The minimum atomic E-state index is -1.26. The number of aliphatic hydroxyl groups is 1. The van der Waals surface area contributed by atoms with Crippen LogP contribution in [-0.4, -0.2) is 83.5 Å². The highest BCUT2D eigenvalue weighted by molar-refractivity contribution is 5.99. The number of benzene rings is 3. The van der Waals surface area contributed by atoms with Gasteiger partial charge in [0.15, 0.2) is 0 Å². The number of carboxylic acids is 1. The van der Waals surface area contributed by atoms with Crippen LogP contribution in [0.25, 0.3) is 10.8 Å². The van der Waals surface area contributed by atoms with Crippen LogP contribution in [0.4, 0.5) is 5.69 Å². The number of dihydropyridines is 1. The van der Waals surface area contributed by atoms with E-state index in [0.29, 0.717) is 29.3 Å². The Bertz CT molecular complexity index is 1690. The van der Waals surface area contributed by atoms with Crippen molar-refractivity contribution in [1.82, 2.24) is 15.5 Å². The van der Waals surface area contributed by atoms with E-state index in [0.717, 1.165) is 10.8 Å². The summed E-state index contributed by atoms with van der Waals surface area (Å²) in [5, 5.41) is 40.9. The molecule has 1 aliphatic rings. The Morgan fingerprint density at radius 3 is 2.51 bits per heavy atom. The topological polar surface area (TPSA) is 164 Å². The third-order valence-electron chi connectivity index (χ3n) is 7.88. The average molecular weight is 647 g/mol. The number of ether oxygens (including phenoxy) is 2. The smallest absolute Gasteiger partial charge is 0.336 e. The van der Waals surface area contributed by atoms with Crippen molar-refractivity contribution in [1.29, 1.82) is 0 Å². The van der Waals surface area contributed by atoms with Gasteiger partial charge in [0.25, 0.3) is 5.69 Å². The molecule has 47 heavy (non-hydrogen) atoms. The van der Waals surface area contributed by atoms with Gasteiger partial charge in [0.05, 0.1) is 28.6 Å². The Morgan fingerprint density at radius 2 is 1.81 bits per heavy atom. The summed E-state index contributed by atoms with van der Waals surface area (Å²) in [6, 6.07) is 19.3. The maximum atomic E-state index is 13.4. The Labute approximate surface area is 273 Å². The van der Waals surface area contributed by atoms with Crippen molar-refractivity contribution in [3.8, 4) is 5.75 Å². The number of β-amino-alcohol motifs (C(OH)–C–C–N with tert-alkyl or cyclic N) is 1. The Kier molecular flexibility index (Phi) is 11.3. The molecule has 4 N–H and O–H groups in total. The van der Waals surface area contributed by atoms with E-state index in [2.05, 4.69) is 10.6 Å². The molecule has 250 valence electrons. The molecule has 12 nitrogen and oxygen atoms in total. The Morgan fingerprint density at radius 1 is 1.11 bits per heavy atom. The minimum absolute atomic E-state index is 0.0572. The maximum absolute atomic E-state index is 13.4. The number of likely N-dealkylation sites (N-methyl/N-ethyl adjacent to an activating group) is 1. The first-order chi connectivity index (χ1) is 22.3. The van der Waals surface area contributed by atoms with Crippen LogP contribution >= 0.6 is 0 Å². The molecule has 0 spiro atoms. The summed E-state index contributed by atoms with van der Waals surface area (Å²) in [6.45, 7) is 8.32. The number of nitro benzene ring substituents is 1. The largest absolute Gasteiger partial charge is 0.490 e. The van der Waals surface area contributed by atoms with Gasteiger partial charge in [-0.25, -0.2) is 9.59 Å². The predicted molar refractivity (Wildman–Crippen MR) is 178 cm³/mol. The van der Waals surface area contributed by atoms with Crippen LogP contribution in [0.3, 0.4) is 0 Å². The van der Waals surface area contributed by atoms with E-state index in [1.54, 1.807) is 19.9 Å². The minimum Gasteiger partial charge on any atom is -0.490 e. The molecule has 0 saturated carbocycles. The fourth-order valence-electron chi connectivity index (χ4n) is 5.92. The van der Waals surface area contributed by atoms with E-state index < -0.39 is 34.4 Å². The van der Waals surface area contributed by atoms with E-state index in [9.17, 15) is 29.9 Å². The number of esters is 1.